The topological polar surface area (TPSA) is 80.9 Å². The SMILES string of the molecule is CC1(C)C2=C(CC1O)C(CO)C(C1(C)CCC(O)CC1CO)CC2. The first-order valence-corrected chi connectivity index (χ1v) is 9.56. The first-order chi connectivity index (χ1) is 11.3. The molecule has 6 atom stereocenters. The molecule has 0 saturated heterocycles. The van der Waals surface area contributed by atoms with Gasteiger partial charge < -0.3 is 20.4 Å². The molecular weight excluding hydrogens is 304 g/mol. The summed E-state index contributed by atoms with van der Waals surface area (Å²) in [4.78, 5) is 0. The van der Waals surface area contributed by atoms with Crippen molar-refractivity contribution in [2.24, 2.45) is 28.6 Å². The minimum atomic E-state index is -0.357. The van der Waals surface area contributed by atoms with Crippen LogP contribution in [0.1, 0.15) is 59.3 Å². The summed E-state index contributed by atoms with van der Waals surface area (Å²) in [7, 11) is 0. The van der Waals surface area contributed by atoms with Gasteiger partial charge >= 0.3 is 0 Å². The van der Waals surface area contributed by atoms with Crippen LogP contribution >= 0.6 is 0 Å². The normalized spacial score (nSPS) is 45.4. The van der Waals surface area contributed by atoms with Crippen LogP contribution in [0.4, 0.5) is 0 Å². The minimum absolute atomic E-state index is 0.0579. The summed E-state index contributed by atoms with van der Waals surface area (Å²) in [6.45, 7) is 6.69. The van der Waals surface area contributed by atoms with Crippen LogP contribution in [0.2, 0.25) is 0 Å². The maximum atomic E-state index is 10.5. The van der Waals surface area contributed by atoms with Gasteiger partial charge in [-0.15, -0.1) is 0 Å². The molecule has 0 bridgehead atoms. The number of rotatable bonds is 3. The summed E-state index contributed by atoms with van der Waals surface area (Å²) in [6, 6.07) is 0. The Balaban J connectivity index is 1.93. The highest BCUT2D eigenvalue weighted by molar-refractivity contribution is 5.34. The van der Waals surface area contributed by atoms with Crippen LogP contribution in [-0.4, -0.2) is 45.8 Å². The van der Waals surface area contributed by atoms with Crippen molar-refractivity contribution in [2.45, 2.75) is 71.5 Å². The summed E-state index contributed by atoms with van der Waals surface area (Å²) in [5, 5.41) is 40.6. The molecule has 3 rings (SSSR count). The van der Waals surface area contributed by atoms with Gasteiger partial charge in [-0.05, 0) is 55.8 Å². The van der Waals surface area contributed by atoms with Crippen LogP contribution in [0, 0.1) is 28.6 Å². The zero-order valence-electron chi connectivity index (χ0n) is 15.3. The fourth-order valence-corrected chi connectivity index (χ4v) is 6.00. The molecule has 4 heteroatoms. The minimum Gasteiger partial charge on any atom is -0.396 e. The fourth-order valence-electron chi connectivity index (χ4n) is 6.00. The molecule has 3 aliphatic carbocycles. The van der Waals surface area contributed by atoms with Crippen molar-refractivity contribution >= 4 is 0 Å². The molecular formula is C20H34O4. The fraction of sp³-hybridized carbons (Fsp3) is 0.900. The number of hydrogen-bond donors (Lipinski definition) is 4. The quantitative estimate of drug-likeness (QED) is 0.595. The lowest BCUT2D eigenvalue weighted by Crippen LogP contribution is -2.47. The summed E-state index contributed by atoms with van der Waals surface area (Å²) in [5.74, 6) is 0.480. The van der Waals surface area contributed by atoms with Gasteiger partial charge in [-0.2, -0.15) is 0 Å². The maximum absolute atomic E-state index is 10.5. The van der Waals surface area contributed by atoms with Crippen LogP contribution in [-0.2, 0) is 0 Å². The largest absolute Gasteiger partial charge is 0.396 e. The van der Waals surface area contributed by atoms with Gasteiger partial charge in [0.2, 0.25) is 0 Å². The molecule has 0 aromatic carbocycles. The van der Waals surface area contributed by atoms with Crippen LogP contribution in [0.25, 0.3) is 0 Å². The van der Waals surface area contributed by atoms with E-state index in [1.54, 1.807) is 0 Å². The van der Waals surface area contributed by atoms with Crippen LogP contribution in [0.3, 0.4) is 0 Å². The Morgan fingerprint density at radius 1 is 1.04 bits per heavy atom. The Morgan fingerprint density at radius 2 is 1.75 bits per heavy atom. The van der Waals surface area contributed by atoms with E-state index in [-0.39, 0.29) is 48.1 Å². The summed E-state index contributed by atoms with van der Waals surface area (Å²) < 4.78 is 0. The Hall–Kier alpha value is -0.420. The molecule has 1 saturated carbocycles. The van der Waals surface area contributed by atoms with Crippen molar-refractivity contribution in [3.8, 4) is 0 Å². The molecule has 0 aromatic heterocycles. The number of hydrogen-bond acceptors (Lipinski definition) is 4. The first kappa shape index (κ1) is 18.4. The van der Waals surface area contributed by atoms with Crippen LogP contribution < -0.4 is 0 Å². The van der Waals surface area contributed by atoms with E-state index in [0.717, 1.165) is 25.7 Å². The van der Waals surface area contributed by atoms with E-state index in [1.807, 2.05) is 0 Å². The second-order valence-corrected chi connectivity index (χ2v) is 9.19. The Bertz CT molecular complexity index is 512. The molecule has 0 heterocycles. The monoisotopic (exact) mass is 338 g/mol. The van der Waals surface area contributed by atoms with Gasteiger partial charge in [-0.3, -0.25) is 0 Å². The Morgan fingerprint density at radius 3 is 2.38 bits per heavy atom. The second-order valence-electron chi connectivity index (χ2n) is 9.19. The standard InChI is InChI=1S/C20H34O4/c1-19(2)16-4-5-17(15(11-22)14(16)9-18(19)24)20(3)7-6-13(23)8-12(20)10-21/h12-13,15,17-18,21-24H,4-11H2,1-3H3. The molecule has 138 valence electrons. The van der Waals surface area contributed by atoms with E-state index in [1.165, 1.54) is 11.1 Å². The molecule has 0 radical (unpaired) electrons. The summed E-state index contributed by atoms with van der Waals surface area (Å²) >= 11 is 0. The van der Waals surface area contributed by atoms with E-state index in [0.29, 0.717) is 18.8 Å². The first-order valence-electron chi connectivity index (χ1n) is 9.56. The molecule has 1 fully saturated rings. The van der Waals surface area contributed by atoms with Gasteiger partial charge in [0, 0.05) is 24.5 Å². The van der Waals surface area contributed by atoms with Gasteiger partial charge in [0.25, 0.3) is 0 Å². The summed E-state index contributed by atoms with van der Waals surface area (Å²) in [6.07, 6.45) is 4.32. The van der Waals surface area contributed by atoms with Crippen molar-refractivity contribution in [3.63, 3.8) is 0 Å². The molecule has 6 unspecified atom stereocenters. The number of aliphatic hydroxyl groups excluding tert-OH is 4. The van der Waals surface area contributed by atoms with Gasteiger partial charge in [-0.25, -0.2) is 0 Å². The molecule has 4 nitrogen and oxygen atoms in total. The van der Waals surface area contributed by atoms with Crippen molar-refractivity contribution < 1.29 is 20.4 Å². The third-order valence-corrected chi connectivity index (χ3v) is 7.82. The van der Waals surface area contributed by atoms with Gasteiger partial charge in [-0.1, -0.05) is 31.9 Å². The molecule has 0 aliphatic heterocycles. The molecule has 4 N–H and O–H groups in total. The molecule has 3 aliphatic rings. The lowest BCUT2D eigenvalue weighted by atomic mass is 9.54. The Kier molecular flexibility index (Phi) is 4.89. The van der Waals surface area contributed by atoms with E-state index >= 15 is 0 Å². The predicted octanol–water partition coefficient (Wildman–Crippen LogP) is 2.25. The van der Waals surface area contributed by atoms with Crippen molar-refractivity contribution in [2.75, 3.05) is 13.2 Å². The van der Waals surface area contributed by atoms with Crippen molar-refractivity contribution in [1.29, 1.82) is 0 Å². The van der Waals surface area contributed by atoms with E-state index in [4.69, 9.17) is 0 Å². The number of aliphatic hydroxyl groups is 4. The average molecular weight is 338 g/mol. The van der Waals surface area contributed by atoms with Crippen molar-refractivity contribution in [3.05, 3.63) is 11.1 Å². The van der Waals surface area contributed by atoms with Crippen molar-refractivity contribution in [1.82, 2.24) is 0 Å². The van der Waals surface area contributed by atoms with Gasteiger partial charge in [0.05, 0.1) is 12.2 Å². The van der Waals surface area contributed by atoms with E-state index in [9.17, 15) is 20.4 Å². The Labute approximate surface area is 145 Å². The third-order valence-electron chi connectivity index (χ3n) is 7.82. The lowest BCUT2D eigenvalue weighted by molar-refractivity contribution is -0.0641. The smallest absolute Gasteiger partial charge is 0.0665 e. The molecule has 24 heavy (non-hydrogen) atoms. The lowest BCUT2D eigenvalue weighted by Gasteiger charge is -2.52. The third kappa shape index (κ3) is 2.66. The van der Waals surface area contributed by atoms with E-state index in [2.05, 4.69) is 20.8 Å². The predicted molar refractivity (Wildman–Crippen MR) is 93.3 cm³/mol. The molecule has 0 amide bonds. The van der Waals surface area contributed by atoms with E-state index < -0.39 is 0 Å². The maximum Gasteiger partial charge on any atom is 0.0665 e. The highest BCUT2D eigenvalue weighted by Gasteiger charge is 2.52. The molecule has 0 spiro atoms. The highest BCUT2D eigenvalue weighted by Crippen LogP contribution is 2.59. The van der Waals surface area contributed by atoms with Crippen LogP contribution in [0.15, 0.2) is 11.1 Å². The zero-order valence-corrected chi connectivity index (χ0v) is 15.3. The van der Waals surface area contributed by atoms with Crippen LogP contribution in [0.5, 0.6) is 0 Å². The zero-order chi connectivity index (χ0) is 17.7. The van der Waals surface area contributed by atoms with Gasteiger partial charge in [0.15, 0.2) is 0 Å². The second kappa shape index (κ2) is 6.39. The molecule has 0 aromatic rings. The average Bonchev–Trinajstić information content (AvgIpc) is 2.78. The highest BCUT2D eigenvalue weighted by atomic mass is 16.3. The van der Waals surface area contributed by atoms with Gasteiger partial charge in [0.1, 0.15) is 0 Å². The summed E-state index contributed by atoms with van der Waals surface area (Å²) in [5.41, 5.74) is 2.38.